The van der Waals surface area contributed by atoms with Gasteiger partial charge in [-0.2, -0.15) is 0 Å². The van der Waals surface area contributed by atoms with Crippen molar-refractivity contribution >= 4 is 30.1 Å². The van der Waals surface area contributed by atoms with E-state index in [1.165, 1.54) is 37.5 Å². The number of ether oxygens (including phenoxy) is 1. The van der Waals surface area contributed by atoms with Gasteiger partial charge in [-0.05, 0) is 31.0 Å². The summed E-state index contributed by atoms with van der Waals surface area (Å²) in [6.45, 7) is 4.69. The summed E-state index contributed by atoms with van der Waals surface area (Å²) < 4.78 is 4.78. The molecule has 2 rings (SSSR count). The molecule has 1 aliphatic heterocycles. The van der Waals surface area contributed by atoms with Gasteiger partial charge in [0.15, 0.2) is 0 Å². The molecule has 0 radical (unpaired) electrons. The molecule has 1 aromatic carbocycles. The van der Waals surface area contributed by atoms with Crippen LogP contribution in [0.1, 0.15) is 112 Å². The molecule has 0 saturated heterocycles. The highest BCUT2D eigenvalue weighted by Crippen LogP contribution is 2.27. The first-order valence-electron chi connectivity index (χ1n) is 13.6. The molecule has 1 heterocycles. The average molecular weight is 516 g/mol. The highest BCUT2D eigenvalue weighted by Gasteiger charge is 2.38. The SMILES string of the molecule is CCCCCCCCCC(=O)N[C@@H](CN1C(=O)c2ccc(OC=O)cc2C1=O)C(=O)NCCCCCC. The number of fused-ring (bicyclic) bond motifs is 1. The number of carbonyl (C=O) groups excluding carboxylic acids is 5. The largest absolute Gasteiger partial charge is 0.429 e. The van der Waals surface area contributed by atoms with E-state index in [4.69, 9.17) is 4.74 Å². The first-order chi connectivity index (χ1) is 17.9. The van der Waals surface area contributed by atoms with Crippen molar-refractivity contribution in [1.29, 1.82) is 0 Å². The smallest absolute Gasteiger partial charge is 0.298 e. The lowest BCUT2D eigenvalue weighted by atomic mass is 10.1. The van der Waals surface area contributed by atoms with Crippen LogP contribution in [0.4, 0.5) is 0 Å². The summed E-state index contributed by atoms with van der Waals surface area (Å²) in [5.41, 5.74) is 0.258. The third-order valence-corrected chi connectivity index (χ3v) is 6.48. The maximum atomic E-state index is 13.0. The Balaban J connectivity index is 2.00. The van der Waals surface area contributed by atoms with Crippen molar-refractivity contribution in [3.8, 4) is 5.75 Å². The highest BCUT2D eigenvalue weighted by molar-refractivity contribution is 6.21. The Kier molecular flexibility index (Phi) is 13.4. The lowest BCUT2D eigenvalue weighted by Gasteiger charge is -2.23. The number of rotatable bonds is 19. The molecular weight excluding hydrogens is 474 g/mol. The summed E-state index contributed by atoms with van der Waals surface area (Å²) in [7, 11) is 0. The van der Waals surface area contributed by atoms with Crippen LogP contribution in [-0.2, 0) is 14.4 Å². The first kappa shape index (κ1) is 30.0. The van der Waals surface area contributed by atoms with E-state index in [-0.39, 0.29) is 42.2 Å². The Morgan fingerprint density at radius 3 is 2.19 bits per heavy atom. The molecule has 0 saturated carbocycles. The fraction of sp³-hybridized carbons (Fsp3) is 0.607. The molecule has 9 heteroatoms. The van der Waals surface area contributed by atoms with Crippen molar-refractivity contribution in [2.45, 2.75) is 96.9 Å². The first-order valence-corrected chi connectivity index (χ1v) is 13.6. The van der Waals surface area contributed by atoms with Crippen LogP contribution in [0.3, 0.4) is 0 Å². The van der Waals surface area contributed by atoms with E-state index in [1.54, 1.807) is 0 Å². The number of hydrogen-bond acceptors (Lipinski definition) is 6. The lowest BCUT2D eigenvalue weighted by molar-refractivity contribution is -0.129. The van der Waals surface area contributed by atoms with Crippen molar-refractivity contribution in [1.82, 2.24) is 15.5 Å². The minimum Gasteiger partial charge on any atom is -0.429 e. The number of unbranched alkanes of at least 4 members (excludes halogenated alkanes) is 9. The third-order valence-electron chi connectivity index (χ3n) is 6.48. The molecule has 2 N–H and O–H groups in total. The maximum absolute atomic E-state index is 13.0. The van der Waals surface area contributed by atoms with Crippen LogP contribution in [0.2, 0.25) is 0 Å². The Morgan fingerprint density at radius 2 is 1.51 bits per heavy atom. The van der Waals surface area contributed by atoms with Crippen LogP contribution in [0.15, 0.2) is 18.2 Å². The Hall–Kier alpha value is -3.23. The summed E-state index contributed by atoms with van der Waals surface area (Å²) in [5, 5.41) is 5.57. The van der Waals surface area contributed by atoms with Gasteiger partial charge in [0.05, 0.1) is 17.7 Å². The van der Waals surface area contributed by atoms with E-state index in [1.807, 2.05) is 0 Å². The number of nitrogens with one attached hydrogen (secondary N) is 2. The number of amides is 4. The van der Waals surface area contributed by atoms with Crippen molar-refractivity contribution in [2.24, 2.45) is 0 Å². The normalized spacial score (nSPS) is 13.3. The van der Waals surface area contributed by atoms with E-state index < -0.39 is 23.8 Å². The van der Waals surface area contributed by atoms with E-state index in [0.717, 1.165) is 56.3 Å². The van der Waals surface area contributed by atoms with Gasteiger partial charge in [0.2, 0.25) is 11.8 Å². The Labute approximate surface area is 219 Å². The van der Waals surface area contributed by atoms with Gasteiger partial charge >= 0.3 is 0 Å². The molecule has 4 amide bonds. The van der Waals surface area contributed by atoms with Crippen molar-refractivity contribution in [3.05, 3.63) is 29.3 Å². The molecule has 1 aliphatic rings. The fourth-order valence-electron chi connectivity index (χ4n) is 4.34. The van der Waals surface area contributed by atoms with Crippen LogP contribution in [0, 0.1) is 0 Å². The Morgan fingerprint density at radius 1 is 0.892 bits per heavy atom. The molecule has 0 bridgehead atoms. The second-order valence-electron chi connectivity index (χ2n) is 9.49. The topological polar surface area (TPSA) is 122 Å². The summed E-state index contributed by atoms with van der Waals surface area (Å²) in [6.07, 6.45) is 11.7. The zero-order valence-electron chi connectivity index (χ0n) is 22.2. The van der Waals surface area contributed by atoms with E-state index in [2.05, 4.69) is 24.5 Å². The number of nitrogens with zero attached hydrogens (tertiary/aromatic N) is 1. The summed E-state index contributed by atoms with van der Waals surface area (Å²) in [6, 6.07) is 3.10. The lowest BCUT2D eigenvalue weighted by Crippen LogP contribution is -2.53. The zero-order chi connectivity index (χ0) is 27.0. The van der Waals surface area contributed by atoms with Gasteiger partial charge < -0.3 is 15.4 Å². The summed E-state index contributed by atoms with van der Waals surface area (Å²) >= 11 is 0. The number of hydrogen-bond donors (Lipinski definition) is 2. The summed E-state index contributed by atoms with van der Waals surface area (Å²) in [4.78, 5) is 63.1. The summed E-state index contributed by atoms with van der Waals surface area (Å²) in [5.74, 6) is -1.72. The number of benzene rings is 1. The van der Waals surface area contributed by atoms with Gasteiger partial charge in [-0.15, -0.1) is 0 Å². The molecule has 0 spiro atoms. The van der Waals surface area contributed by atoms with Gasteiger partial charge in [0.1, 0.15) is 11.8 Å². The van der Waals surface area contributed by atoms with E-state index in [9.17, 15) is 24.0 Å². The van der Waals surface area contributed by atoms with E-state index in [0.29, 0.717) is 6.54 Å². The van der Waals surface area contributed by atoms with Crippen LogP contribution in [0.25, 0.3) is 0 Å². The highest BCUT2D eigenvalue weighted by atomic mass is 16.5. The predicted octanol–water partition coefficient (Wildman–Crippen LogP) is 4.14. The maximum Gasteiger partial charge on any atom is 0.298 e. The van der Waals surface area contributed by atoms with Gasteiger partial charge in [0, 0.05) is 13.0 Å². The standard InChI is InChI=1S/C28H41N3O6/c1-3-5-7-9-10-11-12-14-25(33)30-24(26(34)29-17-13-8-6-4-2)19-31-27(35)22-16-15-21(37-20-32)18-23(22)28(31)36/h15-16,18,20,24H,3-14,17,19H2,1-2H3,(H,29,34)(H,30,33)/t24-/m0/s1. The van der Waals surface area contributed by atoms with Gasteiger partial charge in [-0.25, -0.2) is 0 Å². The third kappa shape index (κ3) is 9.63. The van der Waals surface area contributed by atoms with E-state index >= 15 is 0 Å². The number of imide groups is 1. The quantitative estimate of drug-likeness (QED) is 0.162. The molecule has 1 aromatic rings. The van der Waals surface area contributed by atoms with Gasteiger partial charge in [0.25, 0.3) is 18.3 Å². The fourth-order valence-corrected chi connectivity index (χ4v) is 4.34. The predicted molar refractivity (Wildman–Crippen MR) is 140 cm³/mol. The van der Waals surface area contributed by atoms with Crippen LogP contribution in [0.5, 0.6) is 5.75 Å². The monoisotopic (exact) mass is 515 g/mol. The molecular formula is C28H41N3O6. The molecule has 9 nitrogen and oxygen atoms in total. The molecule has 1 atom stereocenters. The second-order valence-corrected chi connectivity index (χ2v) is 9.49. The second kappa shape index (κ2) is 16.5. The minimum atomic E-state index is -1.06. The van der Waals surface area contributed by atoms with Crippen molar-refractivity contribution in [2.75, 3.05) is 13.1 Å². The van der Waals surface area contributed by atoms with Crippen molar-refractivity contribution < 1.29 is 28.7 Å². The zero-order valence-corrected chi connectivity index (χ0v) is 22.2. The molecule has 0 unspecified atom stereocenters. The number of carbonyl (C=O) groups is 5. The minimum absolute atomic E-state index is 0.0949. The van der Waals surface area contributed by atoms with Crippen molar-refractivity contribution in [3.63, 3.8) is 0 Å². The van der Waals surface area contributed by atoms with Crippen LogP contribution in [-0.4, -0.2) is 54.1 Å². The van der Waals surface area contributed by atoms with Crippen LogP contribution >= 0.6 is 0 Å². The molecule has 0 aromatic heterocycles. The average Bonchev–Trinajstić information content (AvgIpc) is 3.12. The molecule has 37 heavy (non-hydrogen) atoms. The molecule has 0 aliphatic carbocycles. The Bertz CT molecular complexity index is 932. The molecule has 204 valence electrons. The van der Waals surface area contributed by atoms with Crippen LogP contribution < -0.4 is 15.4 Å². The van der Waals surface area contributed by atoms with Gasteiger partial charge in [-0.3, -0.25) is 28.9 Å². The molecule has 0 fully saturated rings. The van der Waals surface area contributed by atoms with Gasteiger partial charge in [-0.1, -0.05) is 71.6 Å².